The van der Waals surface area contributed by atoms with E-state index in [9.17, 15) is 23.2 Å². The van der Waals surface area contributed by atoms with E-state index in [1.165, 1.54) is 11.6 Å². The van der Waals surface area contributed by atoms with Crippen LogP contribution in [0.25, 0.3) is 0 Å². The summed E-state index contributed by atoms with van der Waals surface area (Å²) in [5, 5.41) is 3.00. The molecule has 4 amide bonds. The molecule has 1 saturated carbocycles. The largest absolute Gasteiger partial charge is 0.338 e. The van der Waals surface area contributed by atoms with Crippen molar-refractivity contribution in [3.63, 3.8) is 0 Å². The molecule has 0 aromatic heterocycles. The Labute approximate surface area is 266 Å². The topological polar surface area (TPSA) is 73.0 Å². The number of hydrogen-bond acceptors (Lipinski definition) is 3. The Morgan fingerprint density at radius 2 is 1.62 bits per heavy atom. The lowest BCUT2D eigenvalue weighted by molar-refractivity contribution is 0.0658. The third-order valence-electron chi connectivity index (χ3n) is 10.1. The lowest BCUT2D eigenvalue weighted by Crippen LogP contribution is -2.46. The number of halogens is 3. The number of urea groups is 1. The van der Waals surface area contributed by atoms with E-state index in [0.29, 0.717) is 42.3 Å². The number of anilines is 1. The Hall–Kier alpha value is -3.98. The molecule has 3 aromatic carbocycles. The molecule has 0 radical (unpaired) electrons. The SMILES string of the molecule is O=C(Nc1ccc(F)cc1F)N1CCC2(CC1)CCN(C(=O)c1ccc3c(c1)C(N(C(=O)c1ccccc1Cl)C1CC1)CC3)C2. The fourth-order valence-electron chi connectivity index (χ4n) is 7.36. The van der Waals surface area contributed by atoms with Crippen LogP contribution in [-0.2, 0) is 6.42 Å². The molecule has 1 unspecified atom stereocenters. The monoisotopic (exact) mass is 632 g/mol. The van der Waals surface area contributed by atoms with Gasteiger partial charge >= 0.3 is 6.03 Å². The van der Waals surface area contributed by atoms with Gasteiger partial charge in [0.2, 0.25) is 0 Å². The maximum Gasteiger partial charge on any atom is 0.321 e. The molecule has 2 heterocycles. The van der Waals surface area contributed by atoms with Crippen LogP contribution in [0.5, 0.6) is 0 Å². The van der Waals surface area contributed by atoms with Gasteiger partial charge in [0.25, 0.3) is 11.8 Å². The zero-order valence-corrected chi connectivity index (χ0v) is 25.7. The minimum Gasteiger partial charge on any atom is -0.338 e. The maximum atomic E-state index is 14.0. The summed E-state index contributed by atoms with van der Waals surface area (Å²) in [4.78, 5) is 45.9. The van der Waals surface area contributed by atoms with Crippen LogP contribution in [0.3, 0.4) is 0 Å². The first-order chi connectivity index (χ1) is 21.7. The Morgan fingerprint density at radius 3 is 2.33 bits per heavy atom. The van der Waals surface area contributed by atoms with E-state index in [1.54, 1.807) is 17.0 Å². The number of likely N-dealkylation sites (tertiary alicyclic amines) is 2. The van der Waals surface area contributed by atoms with Gasteiger partial charge in [-0.05, 0) is 97.9 Å². The van der Waals surface area contributed by atoms with E-state index in [4.69, 9.17) is 11.6 Å². The highest BCUT2D eigenvalue weighted by Crippen LogP contribution is 2.44. The molecule has 234 valence electrons. The summed E-state index contributed by atoms with van der Waals surface area (Å²) in [6.45, 7) is 2.25. The molecule has 3 aromatic rings. The quantitative estimate of drug-likeness (QED) is 0.327. The van der Waals surface area contributed by atoms with Crippen LogP contribution < -0.4 is 5.32 Å². The van der Waals surface area contributed by atoms with Gasteiger partial charge in [-0.15, -0.1) is 0 Å². The van der Waals surface area contributed by atoms with Gasteiger partial charge < -0.3 is 20.0 Å². The summed E-state index contributed by atoms with van der Waals surface area (Å²) in [5.74, 6) is -1.58. The normalized spacial score (nSPS) is 20.3. The van der Waals surface area contributed by atoms with E-state index < -0.39 is 17.7 Å². The zero-order chi connectivity index (χ0) is 31.3. The zero-order valence-electron chi connectivity index (χ0n) is 24.9. The van der Waals surface area contributed by atoms with Crippen LogP contribution >= 0.6 is 11.6 Å². The first-order valence-corrected chi connectivity index (χ1v) is 16.1. The molecule has 1 atom stereocenters. The predicted octanol–water partition coefficient (Wildman–Crippen LogP) is 7.07. The second kappa shape index (κ2) is 11.7. The van der Waals surface area contributed by atoms with Gasteiger partial charge in [0.1, 0.15) is 11.6 Å². The molecule has 10 heteroatoms. The number of nitrogens with one attached hydrogen (secondary N) is 1. The minimum absolute atomic E-state index is 0.0114. The summed E-state index contributed by atoms with van der Waals surface area (Å²) >= 11 is 6.42. The van der Waals surface area contributed by atoms with Crippen LogP contribution in [0.1, 0.15) is 76.4 Å². The van der Waals surface area contributed by atoms with Crippen molar-refractivity contribution >= 4 is 35.1 Å². The van der Waals surface area contributed by atoms with E-state index >= 15 is 0 Å². The number of rotatable bonds is 5. The van der Waals surface area contributed by atoms with Crippen molar-refractivity contribution in [2.75, 3.05) is 31.5 Å². The highest BCUT2D eigenvalue weighted by atomic mass is 35.5. The number of aryl methyl sites for hydroxylation is 1. The number of hydrogen-bond donors (Lipinski definition) is 1. The number of nitrogens with zero attached hydrogens (tertiary/aromatic N) is 3. The van der Waals surface area contributed by atoms with Gasteiger partial charge in [0.15, 0.2) is 0 Å². The Morgan fingerprint density at radius 1 is 0.889 bits per heavy atom. The highest BCUT2D eigenvalue weighted by molar-refractivity contribution is 6.33. The number of carbonyl (C=O) groups excluding carboxylic acids is 3. The molecule has 7 rings (SSSR count). The number of carbonyl (C=O) groups is 3. The number of benzene rings is 3. The van der Waals surface area contributed by atoms with Gasteiger partial charge in [-0.2, -0.15) is 0 Å². The molecule has 1 N–H and O–H groups in total. The van der Waals surface area contributed by atoms with Gasteiger partial charge in [-0.3, -0.25) is 9.59 Å². The third kappa shape index (κ3) is 5.78. The Kier molecular flexibility index (Phi) is 7.76. The van der Waals surface area contributed by atoms with Crippen molar-refractivity contribution < 1.29 is 23.2 Å². The van der Waals surface area contributed by atoms with Crippen LogP contribution in [0.2, 0.25) is 5.02 Å². The third-order valence-corrected chi connectivity index (χ3v) is 10.4. The standard InChI is InChI=1S/C35H35ClF2N4O3/c36-28-4-2-1-3-26(28)33(44)42(25-9-10-25)31-12-7-22-5-6-23(19-27(22)31)32(43)41-18-15-35(21-41)13-16-40(17-14-35)34(45)39-30-11-8-24(37)20-29(30)38/h1-6,8,11,19-20,25,31H,7,9-10,12-18,21H2,(H,39,45). The van der Waals surface area contributed by atoms with E-state index in [0.717, 1.165) is 62.6 Å². The number of fused-ring (bicyclic) bond motifs is 1. The van der Waals surface area contributed by atoms with Gasteiger partial charge in [0.05, 0.1) is 22.3 Å². The number of amides is 4. The first-order valence-electron chi connectivity index (χ1n) is 15.7. The summed E-state index contributed by atoms with van der Waals surface area (Å²) in [6.07, 6.45) is 5.96. The molecule has 45 heavy (non-hydrogen) atoms. The second-order valence-electron chi connectivity index (χ2n) is 12.9. The van der Waals surface area contributed by atoms with E-state index in [-0.39, 0.29) is 35.0 Å². The van der Waals surface area contributed by atoms with Crippen LogP contribution in [0.15, 0.2) is 60.7 Å². The first kappa shape index (κ1) is 29.7. The predicted molar refractivity (Wildman–Crippen MR) is 167 cm³/mol. The van der Waals surface area contributed by atoms with Crippen LogP contribution in [0.4, 0.5) is 19.3 Å². The van der Waals surface area contributed by atoms with E-state index in [1.807, 2.05) is 40.1 Å². The average Bonchev–Trinajstić information content (AvgIpc) is 3.66. The van der Waals surface area contributed by atoms with Crippen molar-refractivity contribution in [1.29, 1.82) is 0 Å². The Balaban J connectivity index is 1.01. The fourth-order valence-corrected chi connectivity index (χ4v) is 7.58. The molecule has 7 nitrogen and oxygen atoms in total. The highest BCUT2D eigenvalue weighted by Gasteiger charge is 2.44. The summed E-state index contributed by atoms with van der Waals surface area (Å²) in [5.41, 5.74) is 3.26. The summed E-state index contributed by atoms with van der Waals surface area (Å²) in [7, 11) is 0. The smallest absolute Gasteiger partial charge is 0.321 e. The fraction of sp³-hybridized carbons (Fsp3) is 0.400. The molecular formula is C35H35ClF2N4O3. The molecular weight excluding hydrogens is 598 g/mol. The second-order valence-corrected chi connectivity index (χ2v) is 13.3. The van der Waals surface area contributed by atoms with E-state index in [2.05, 4.69) is 5.32 Å². The van der Waals surface area contributed by atoms with Crippen molar-refractivity contribution in [3.05, 3.63) is 99.6 Å². The lowest BCUT2D eigenvalue weighted by atomic mass is 9.78. The molecule has 2 aliphatic carbocycles. The maximum absolute atomic E-state index is 14.0. The molecule has 3 fully saturated rings. The number of piperidine rings is 1. The Bertz CT molecular complexity index is 1670. The minimum atomic E-state index is -0.813. The van der Waals surface area contributed by atoms with Gasteiger partial charge in [-0.1, -0.05) is 29.8 Å². The molecule has 4 aliphatic rings. The van der Waals surface area contributed by atoms with Crippen molar-refractivity contribution in [3.8, 4) is 0 Å². The average molecular weight is 633 g/mol. The summed E-state index contributed by atoms with van der Waals surface area (Å²) < 4.78 is 27.3. The lowest BCUT2D eigenvalue weighted by Gasteiger charge is -2.39. The summed E-state index contributed by atoms with van der Waals surface area (Å²) in [6, 6.07) is 15.9. The molecule has 0 bridgehead atoms. The van der Waals surface area contributed by atoms with Crippen molar-refractivity contribution in [2.24, 2.45) is 5.41 Å². The van der Waals surface area contributed by atoms with Crippen LogP contribution in [0, 0.1) is 17.0 Å². The van der Waals surface area contributed by atoms with Gasteiger partial charge in [0, 0.05) is 43.9 Å². The van der Waals surface area contributed by atoms with Crippen molar-refractivity contribution in [1.82, 2.24) is 14.7 Å². The van der Waals surface area contributed by atoms with Crippen molar-refractivity contribution in [2.45, 2.75) is 57.0 Å². The molecule has 2 aliphatic heterocycles. The van der Waals surface area contributed by atoms with Crippen LogP contribution in [-0.4, -0.2) is 64.8 Å². The molecule has 1 spiro atoms. The molecule has 2 saturated heterocycles. The van der Waals surface area contributed by atoms with Gasteiger partial charge in [-0.25, -0.2) is 13.6 Å².